The summed E-state index contributed by atoms with van der Waals surface area (Å²) in [6, 6.07) is 11.9. The molecule has 2 aromatic carbocycles. The Bertz CT molecular complexity index is 870. The number of hydrogen-bond donors (Lipinski definition) is 2. The van der Waals surface area contributed by atoms with Crippen LogP contribution in [-0.4, -0.2) is 37.1 Å². The summed E-state index contributed by atoms with van der Waals surface area (Å²) in [4.78, 5) is 35.7. The van der Waals surface area contributed by atoms with Crippen molar-refractivity contribution in [1.29, 1.82) is 0 Å². The van der Waals surface area contributed by atoms with Crippen molar-refractivity contribution < 1.29 is 32.3 Å². The van der Waals surface area contributed by atoms with Crippen LogP contribution < -0.4 is 10.6 Å². The number of nitrogens with one attached hydrogen (secondary N) is 2. The molecule has 148 valence electrons. The van der Waals surface area contributed by atoms with Gasteiger partial charge in [0.25, 0.3) is 11.8 Å². The number of hydrogen-bond acceptors (Lipinski definition) is 4. The van der Waals surface area contributed by atoms with Crippen LogP contribution in [0, 0.1) is 0 Å². The van der Waals surface area contributed by atoms with E-state index in [1.165, 1.54) is 42.5 Å². The Labute approximate surface area is 162 Å². The zero-order valence-electron chi connectivity index (χ0n) is 14.2. The summed E-state index contributed by atoms with van der Waals surface area (Å²) in [5.74, 6) is -2.60. The Morgan fingerprint density at radius 2 is 1.64 bits per heavy atom. The maximum atomic E-state index is 12.3. The van der Waals surface area contributed by atoms with Crippen molar-refractivity contribution in [3.8, 4) is 0 Å². The van der Waals surface area contributed by atoms with Gasteiger partial charge in [-0.3, -0.25) is 9.59 Å². The molecule has 0 unspecified atom stereocenters. The fourth-order valence-corrected chi connectivity index (χ4v) is 2.15. The molecule has 0 saturated heterocycles. The van der Waals surface area contributed by atoms with Gasteiger partial charge in [0.2, 0.25) is 0 Å². The van der Waals surface area contributed by atoms with E-state index in [1.807, 2.05) is 0 Å². The second-order valence-electron chi connectivity index (χ2n) is 5.47. The maximum absolute atomic E-state index is 12.3. The van der Waals surface area contributed by atoms with E-state index in [0.717, 1.165) is 0 Å². The van der Waals surface area contributed by atoms with E-state index < -0.39 is 37.1 Å². The van der Waals surface area contributed by atoms with Gasteiger partial charge >= 0.3 is 12.1 Å². The Kier molecular flexibility index (Phi) is 7.00. The molecule has 0 atom stereocenters. The lowest BCUT2D eigenvalue weighted by Crippen LogP contribution is -2.36. The van der Waals surface area contributed by atoms with Crippen molar-refractivity contribution in [3.05, 3.63) is 64.7 Å². The van der Waals surface area contributed by atoms with E-state index in [9.17, 15) is 27.6 Å². The first-order chi connectivity index (χ1) is 13.2. The van der Waals surface area contributed by atoms with Gasteiger partial charge in [0, 0.05) is 10.6 Å². The summed E-state index contributed by atoms with van der Waals surface area (Å²) in [5.41, 5.74) is 0.343. The lowest BCUT2D eigenvalue weighted by molar-refractivity contribution is -0.140. The molecule has 0 saturated carbocycles. The number of carbonyl (C=O) groups is 3. The second-order valence-corrected chi connectivity index (χ2v) is 5.91. The summed E-state index contributed by atoms with van der Waals surface area (Å²) in [6.45, 7) is -2.43. The van der Waals surface area contributed by atoms with E-state index in [2.05, 4.69) is 5.32 Å². The number of benzene rings is 2. The van der Waals surface area contributed by atoms with Gasteiger partial charge in [-0.1, -0.05) is 23.7 Å². The minimum absolute atomic E-state index is 0.0616. The second kappa shape index (κ2) is 9.23. The Hall–Kier alpha value is -3.07. The molecule has 0 aliphatic heterocycles. The first-order valence-corrected chi connectivity index (χ1v) is 8.20. The smallest absolute Gasteiger partial charge is 0.405 e. The lowest BCUT2D eigenvalue weighted by Gasteiger charge is -2.12. The van der Waals surface area contributed by atoms with Crippen molar-refractivity contribution >= 4 is 35.1 Å². The first kappa shape index (κ1) is 21.2. The highest BCUT2D eigenvalue weighted by Crippen LogP contribution is 2.18. The van der Waals surface area contributed by atoms with Gasteiger partial charge in [0.1, 0.15) is 6.54 Å². The molecule has 0 aromatic heterocycles. The van der Waals surface area contributed by atoms with Crippen LogP contribution >= 0.6 is 11.6 Å². The molecule has 2 N–H and O–H groups in total. The Balaban J connectivity index is 2.00. The molecular formula is C18H14ClF3N2O4. The average Bonchev–Trinajstić information content (AvgIpc) is 2.64. The van der Waals surface area contributed by atoms with E-state index >= 15 is 0 Å². The highest BCUT2D eigenvalue weighted by molar-refractivity contribution is 6.30. The molecule has 10 heteroatoms. The molecule has 0 heterocycles. The molecular weight excluding hydrogens is 401 g/mol. The summed E-state index contributed by atoms with van der Waals surface area (Å²) in [7, 11) is 0. The van der Waals surface area contributed by atoms with Gasteiger partial charge in [0.05, 0.1) is 11.3 Å². The number of rotatable bonds is 6. The van der Waals surface area contributed by atoms with Crippen LogP contribution in [0.5, 0.6) is 0 Å². The Morgan fingerprint density at radius 3 is 2.29 bits per heavy atom. The summed E-state index contributed by atoms with van der Waals surface area (Å²) in [6.07, 6.45) is -4.57. The largest absolute Gasteiger partial charge is 0.452 e. The zero-order chi connectivity index (χ0) is 20.7. The number of halogens is 4. The first-order valence-electron chi connectivity index (χ1n) is 7.82. The molecule has 0 bridgehead atoms. The Morgan fingerprint density at radius 1 is 1.00 bits per heavy atom. The molecule has 0 aliphatic carbocycles. The number of ether oxygens (including phenoxy) is 1. The van der Waals surface area contributed by atoms with Gasteiger partial charge in [-0.25, -0.2) is 4.79 Å². The van der Waals surface area contributed by atoms with E-state index in [4.69, 9.17) is 16.3 Å². The van der Waals surface area contributed by atoms with E-state index in [0.29, 0.717) is 10.6 Å². The standard InChI is InChI=1S/C18H14ClF3N2O4/c19-12-7-5-11(6-8-12)16(26)24-14-4-2-1-3-13(14)17(27)28-9-15(25)23-10-18(20,21)22/h1-8H,9-10H2,(H,23,25)(H,24,26). The topological polar surface area (TPSA) is 84.5 Å². The van der Waals surface area contributed by atoms with Crippen LogP contribution in [0.1, 0.15) is 20.7 Å². The fourth-order valence-electron chi connectivity index (χ4n) is 2.02. The number of amides is 2. The van der Waals surface area contributed by atoms with Gasteiger partial charge in [-0.2, -0.15) is 13.2 Å². The molecule has 0 spiro atoms. The monoisotopic (exact) mass is 414 g/mol. The number of anilines is 1. The van der Waals surface area contributed by atoms with Gasteiger partial charge < -0.3 is 15.4 Å². The molecule has 0 aliphatic rings. The highest BCUT2D eigenvalue weighted by atomic mass is 35.5. The van der Waals surface area contributed by atoms with Crippen molar-refractivity contribution in [3.63, 3.8) is 0 Å². The minimum Gasteiger partial charge on any atom is -0.452 e. The summed E-state index contributed by atoms with van der Waals surface area (Å²) >= 11 is 5.76. The van der Waals surface area contributed by atoms with Gasteiger partial charge in [-0.15, -0.1) is 0 Å². The van der Waals surface area contributed by atoms with Gasteiger partial charge in [-0.05, 0) is 36.4 Å². The SMILES string of the molecule is O=C(COC(=O)c1ccccc1NC(=O)c1ccc(Cl)cc1)NCC(F)(F)F. The highest BCUT2D eigenvalue weighted by Gasteiger charge is 2.28. The molecule has 0 fully saturated rings. The van der Waals surface area contributed by atoms with Crippen LogP contribution in [0.15, 0.2) is 48.5 Å². The molecule has 28 heavy (non-hydrogen) atoms. The third kappa shape index (κ3) is 6.58. The number of carbonyl (C=O) groups excluding carboxylic acids is 3. The third-order valence-corrected chi connectivity index (χ3v) is 3.57. The van der Waals surface area contributed by atoms with E-state index in [1.54, 1.807) is 11.4 Å². The quantitative estimate of drug-likeness (QED) is 0.709. The van der Waals surface area contributed by atoms with Crippen LogP contribution in [0.3, 0.4) is 0 Å². The van der Waals surface area contributed by atoms with Crippen LogP contribution in [0.4, 0.5) is 18.9 Å². The fraction of sp³-hybridized carbons (Fsp3) is 0.167. The molecule has 0 radical (unpaired) electrons. The summed E-state index contributed by atoms with van der Waals surface area (Å²) in [5, 5.41) is 4.56. The van der Waals surface area contributed by atoms with Crippen LogP contribution in [0.25, 0.3) is 0 Å². The van der Waals surface area contributed by atoms with Crippen molar-refractivity contribution in [2.45, 2.75) is 6.18 Å². The summed E-state index contributed by atoms with van der Waals surface area (Å²) < 4.78 is 40.9. The van der Waals surface area contributed by atoms with Crippen molar-refractivity contribution in [1.82, 2.24) is 5.32 Å². The average molecular weight is 415 g/mol. The van der Waals surface area contributed by atoms with Crippen LogP contribution in [-0.2, 0) is 9.53 Å². The number of esters is 1. The van der Waals surface area contributed by atoms with Crippen molar-refractivity contribution in [2.24, 2.45) is 0 Å². The molecule has 6 nitrogen and oxygen atoms in total. The minimum atomic E-state index is -4.57. The normalized spacial score (nSPS) is 10.9. The third-order valence-electron chi connectivity index (χ3n) is 3.32. The number of alkyl halides is 3. The maximum Gasteiger partial charge on any atom is 0.405 e. The van der Waals surface area contributed by atoms with Crippen LogP contribution in [0.2, 0.25) is 5.02 Å². The molecule has 2 aromatic rings. The predicted octanol–water partition coefficient (Wildman–Crippen LogP) is 3.43. The molecule has 2 amide bonds. The number of para-hydroxylation sites is 1. The zero-order valence-corrected chi connectivity index (χ0v) is 14.9. The lowest BCUT2D eigenvalue weighted by atomic mass is 10.1. The molecule has 2 rings (SSSR count). The van der Waals surface area contributed by atoms with Gasteiger partial charge in [0.15, 0.2) is 6.61 Å². The van der Waals surface area contributed by atoms with E-state index in [-0.39, 0.29) is 11.3 Å². The van der Waals surface area contributed by atoms with Crippen molar-refractivity contribution in [2.75, 3.05) is 18.5 Å². The predicted molar refractivity (Wildman–Crippen MR) is 95.2 cm³/mol.